The van der Waals surface area contributed by atoms with Crippen LogP contribution in [0.5, 0.6) is 11.5 Å². The number of amides is 1. The van der Waals surface area contributed by atoms with Gasteiger partial charge in [-0.25, -0.2) is 9.59 Å². The smallest absolute Gasteiger partial charge is 0.340 e. The van der Waals surface area contributed by atoms with Gasteiger partial charge in [0.25, 0.3) is 0 Å². The van der Waals surface area contributed by atoms with Gasteiger partial charge in [0.1, 0.15) is 11.6 Å². The summed E-state index contributed by atoms with van der Waals surface area (Å²) in [4.78, 5) is 36.1. The first kappa shape index (κ1) is 21.3. The molecule has 0 aliphatic heterocycles. The van der Waals surface area contributed by atoms with Crippen LogP contribution < -0.4 is 20.4 Å². The summed E-state index contributed by atoms with van der Waals surface area (Å²) in [5, 5.41) is 12.4. The van der Waals surface area contributed by atoms with Crippen LogP contribution in [0.3, 0.4) is 0 Å². The molecule has 1 aromatic heterocycles. The molecular formula is C20H25NO7. The van der Waals surface area contributed by atoms with Crippen LogP contribution in [0.2, 0.25) is 0 Å². The second-order valence-electron chi connectivity index (χ2n) is 6.96. The number of aliphatic carboxylic acids is 1. The maximum absolute atomic E-state index is 12.4. The van der Waals surface area contributed by atoms with Crippen molar-refractivity contribution in [2.24, 2.45) is 5.92 Å². The van der Waals surface area contributed by atoms with Crippen molar-refractivity contribution < 1.29 is 28.6 Å². The zero-order chi connectivity index (χ0) is 21.0. The molecule has 8 nitrogen and oxygen atoms in total. The molecule has 1 atom stereocenters. The van der Waals surface area contributed by atoms with E-state index in [-0.39, 0.29) is 17.9 Å². The molecule has 1 unspecified atom stereocenters. The Morgan fingerprint density at radius 2 is 1.79 bits per heavy atom. The highest BCUT2D eigenvalue weighted by molar-refractivity contribution is 5.88. The normalized spacial score (nSPS) is 12.1. The summed E-state index contributed by atoms with van der Waals surface area (Å²) in [6.45, 7) is 5.44. The summed E-state index contributed by atoms with van der Waals surface area (Å²) in [6, 6.07) is 2.21. The minimum absolute atomic E-state index is 0.0938. The lowest BCUT2D eigenvalue weighted by molar-refractivity contribution is -0.142. The molecule has 0 saturated carbocycles. The van der Waals surface area contributed by atoms with E-state index in [0.29, 0.717) is 34.5 Å². The van der Waals surface area contributed by atoms with E-state index in [9.17, 15) is 19.5 Å². The van der Waals surface area contributed by atoms with Gasteiger partial charge in [-0.05, 0) is 30.9 Å². The van der Waals surface area contributed by atoms with E-state index < -0.39 is 23.5 Å². The summed E-state index contributed by atoms with van der Waals surface area (Å²) in [5.74, 6) is -0.688. The molecule has 0 spiro atoms. The summed E-state index contributed by atoms with van der Waals surface area (Å²) < 4.78 is 15.8. The molecule has 1 heterocycles. The Bertz CT molecular complexity index is 946. The van der Waals surface area contributed by atoms with Crippen LogP contribution in [-0.4, -0.2) is 37.2 Å². The minimum atomic E-state index is -1.11. The molecule has 152 valence electrons. The van der Waals surface area contributed by atoms with Gasteiger partial charge in [0, 0.05) is 11.5 Å². The van der Waals surface area contributed by atoms with Crippen molar-refractivity contribution in [2.45, 2.75) is 39.7 Å². The third-order valence-corrected chi connectivity index (χ3v) is 4.47. The maximum Gasteiger partial charge on any atom is 0.340 e. The highest BCUT2D eigenvalue weighted by Crippen LogP contribution is 2.33. The van der Waals surface area contributed by atoms with Crippen molar-refractivity contribution in [2.75, 3.05) is 14.2 Å². The largest absolute Gasteiger partial charge is 0.493 e. The van der Waals surface area contributed by atoms with Crippen LogP contribution in [0.4, 0.5) is 0 Å². The zero-order valence-corrected chi connectivity index (χ0v) is 16.6. The summed E-state index contributed by atoms with van der Waals surface area (Å²) >= 11 is 0. The lowest BCUT2D eigenvalue weighted by Crippen LogP contribution is -2.42. The summed E-state index contributed by atoms with van der Waals surface area (Å²) in [7, 11) is 2.97. The lowest BCUT2D eigenvalue weighted by atomic mass is 10.0. The summed E-state index contributed by atoms with van der Waals surface area (Å²) in [6.07, 6.45) is 0.0176. The SMILES string of the molecule is COc1cc2oc(=O)c(CC(=O)NC(CC(C)C)C(=O)O)c(C)c2cc1OC. The van der Waals surface area contributed by atoms with Gasteiger partial charge in [-0.3, -0.25) is 4.79 Å². The van der Waals surface area contributed by atoms with E-state index in [4.69, 9.17) is 13.9 Å². The van der Waals surface area contributed by atoms with Gasteiger partial charge < -0.3 is 24.3 Å². The van der Waals surface area contributed by atoms with Gasteiger partial charge in [0.05, 0.1) is 26.2 Å². The third-order valence-electron chi connectivity index (χ3n) is 4.47. The first-order chi connectivity index (χ1) is 13.2. The molecule has 0 saturated heterocycles. The average molecular weight is 391 g/mol. The van der Waals surface area contributed by atoms with E-state index in [1.165, 1.54) is 14.2 Å². The number of nitrogens with one attached hydrogen (secondary N) is 1. The van der Waals surface area contributed by atoms with E-state index in [0.717, 1.165) is 0 Å². The highest BCUT2D eigenvalue weighted by Gasteiger charge is 2.23. The molecule has 0 fully saturated rings. The van der Waals surface area contributed by atoms with E-state index in [2.05, 4.69) is 5.32 Å². The van der Waals surface area contributed by atoms with Crippen molar-refractivity contribution in [1.29, 1.82) is 0 Å². The van der Waals surface area contributed by atoms with E-state index >= 15 is 0 Å². The van der Waals surface area contributed by atoms with Crippen molar-refractivity contribution in [1.82, 2.24) is 5.32 Å². The number of carbonyl (C=O) groups excluding carboxylic acids is 1. The van der Waals surface area contributed by atoms with Gasteiger partial charge in [0.2, 0.25) is 5.91 Å². The predicted octanol–water partition coefficient (Wildman–Crippen LogP) is 2.28. The first-order valence-electron chi connectivity index (χ1n) is 8.88. The molecule has 0 aliphatic rings. The van der Waals surface area contributed by atoms with Crippen LogP contribution in [0.1, 0.15) is 31.4 Å². The molecule has 0 bridgehead atoms. The van der Waals surface area contributed by atoms with Crippen molar-refractivity contribution >= 4 is 22.8 Å². The minimum Gasteiger partial charge on any atom is -0.493 e. The number of carbonyl (C=O) groups is 2. The second kappa shape index (κ2) is 8.77. The molecule has 2 aromatic rings. The number of rotatable bonds is 8. The molecule has 1 amide bonds. The fourth-order valence-corrected chi connectivity index (χ4v) is 3.02. The molecule has 2 N–H and O–H groups in total. The monoisotopic (exact) mass is 391 g/mol. The van der Waals surface area contributed by atoms with Gasteiger partial charge in [-0.15, -0.1) is 0 Å². The molecular weight excluding hydrogens is 366 g/mol. The molecule has 0 aliphatic carbocycles. The van der Waals surface area contributed by atoms with Crippen LogP contribution in [-0.2, 0) is 16.0 Å². The van der Waals surface area contributed by atoms with Gasteiger partial charge in [0.15, 0.2) is 11.5 Å². The van der Waals surface area contributed by atoms with Crippen LogP contribution in [0.15, 0.2) is 21.3 Å². The zero-order valence-electron chi connectivity index (χ0n) is 16.6. The van der Waals surface area contributed by atoms with Crippen LogP contribution in [0, 0.1) is 12.8 Å². The third kappa shape index (κ3) is 4.62. The van der Waals surface area contributed by atoms with Gasteiger partial charge in [-0.2, -0.15) is 0 Å². The number of aryl methyl sites for hydroxylation is 1. The van der Waals surface area contributed by atoms with E-state index in [1.807, 2.05) is 13.8 Å². The molecule has 0 radical (unpaired) electrons. The number of ether oxygens (including phenoxy) is 2. The van der Waals surface area contributed by atoms with Gasteiger partial charge >= 0.3 is 11.6 Å². The standard InChI is InChI=1S/C20H25NO7/c1-10(2)6-14(19(23)24)21-18(22)8-13-11(3)12-7-16(26-4)17(27-5)9-15(12)28-20(13)25/h7,9-10,14H,6,8H2,1-5H3,(H,21,22)(H,23,24). The quantitative estimate of drug-likeness (QED) is 0.663. The molecule has 2 rings (SSSR count). The second-order valence-corrected chi connectivity index (χ2v) is 6.96. The fraction of sp³-hybridized carbons (Fsp3) is 0.450. The lowest BCUT2D eigenvalue weighted by Gasteiger charge is -2.17. The Hall–Kier alpha value is -3.03. The Morgan fingerprint density at radius 1 is 1.18 bits per heavy atom. The van der Waals surface area contributed by atoms with Crippen LogP contribution >= 0.6 is 0 Å². The maximum atomic E-state index is 12.4. The molecule has 8 heteroatoms. The van der Waals surface area contributed by atoms with Crippen molar-refractivity contribution in [3.8, 4) is 11.5 Å². The van der Waals surface area contributed by atoms with Crippen molar-refractivity contribution in [3.05, 3.63) is 33.7 Å². The van der Waals surface area contributed by atoms with Gasteiger partial charge in [-0.1, -0.05) is 13.8 Å². The Labute approximate surface area is 162 Å². The number of carboxylic acid groups (broad SMARTS) is 1. The van der Waals surface area contributed by atoms with Crippen LogP contribution in [0.25, 0.3) is 11.0 Å². The molecule has 28 heavy (non-hydrogen) atoms. The summed E-state index contributed by atoms with van der Waals surface area (Å²) in [5.41, 5.74) is 0.402. The van der Waals surface area contributed by atoms with E-state index in [1.54, 1.807) is 19.1 Å². The predicted molar refractivity (Wildman–Crippen MR) is 103 cm³/mol. The number of fused-ring (bicyclic) bond motifs is 1. The number of hydrogen-bond donors (Lipinski definition) is 2. The van der Waals surface area contributed by atoms with Crippen molar-refractivity contribution in [3.63, 3.8) is 0 Å². The fourth-order valence-electron chi connectivity index (χ4n) is 3.02. The number of carboxylic acids is 1. The Balaban J connectivity index is 2.37. The first-order valence-corrected chi connectivity index (χ1v) is 8.88. The number of methoxy groups -OCH3 is 2. The Kier molecular flexibility index (Phi) is 6.66. The number of benzene rings is 1. The topological polar surface area (TPSA) is 115 Å². The number of hydrogen-bond acceptors (Lipinski definition) is 6. The molecule has 1 aromatic carbocycles. The Morgan fingerprint density at radius 3 is 2.32 bits per heavy atom. The highest BCUT2D eigenvalue weighted by atomic mass is 16.5. The average Bonchev–Trinajstić information content (AvgIpc) is 2.63.